The van der Waals surface area contributed by atoms with Gasteiger partial charge in [-0.3, -0.25) is 4.09 Å². The molecule has 2 rings (SSSR count). The van der Waals surface area contributed by atoms with Crippen LogP contribution in [0.4, 0.5) is 0 Å². The number of aromatic nitrogens is 1. The molecule has 1 heterocycles. The quantitative estimate of drug-likeness (QED) is 0.606. The van der Waals surface area contributed by atoms with Gasteiger partial charge in [0, 0.05) is 23.4 Å². The molecular weight excluding hydrogens is 172 g/mol. The van der Waals surface area contributed by atoms with Gasteiger partial charge in [0.1, 0.15) is 0 Å². The van der Waals surface area contributed by atoms with Crippen molar-refractivity contribution in [2.45, 2.75) is 0 Å². The van der Waals surface area contributed by atoms with Crippen molar-refractivity contribution >= 4 is 22.7 Å². The molecule has 1 aromatic carbocycles. The Bertz CT molecular complexity index is 465. The van der Waals surface area contributed by atoms with E-state index in [1.54, 1.807) is 12.3 Å². The fourth-order valence-corrected chi connectivity index (χ4v) is 1.44. The third-order valence-electron chi connectivity index (χ3n) is 1.81. The van der Waals surface area contributed by atoms with E-state index in [1.165, 1.54) is 4.09 Å². The summed E-state index contributed by atoms with van der Waals surface area (Å²) in [7, 11) is 0. The molecule has 12 heavy (non-hydrogen) atoms. The number of nitriles is 1. The van der Waals surface area contributed by atoms with Crippen LogP contribution in [0.15, 0.2) is 30.5 Å². The van der Waals surface area contributed by atoms with Crippen LogP contribution in [0.5, 0.6) is 0 Å². The monoisotopic (exact) mass is 176 g/mol. The van der Waals surface area contributed by atoms with E-state index < -0.39 is 0 Å². The van der Waals surface area contributed by atoms with Crippen LogP contribution in [0.25, 0.3) is 10.9 Å². The Morgan fingerprint density at radius 2 is 2.17 bits per heavy atom. The zero-order chi connectivity index (χ0) is 8.55. The molecule has 0 saturated carbocycles. The van der Waals surface area contributed by atoms with Crippen LogP contribution in [0, 0.1) is 11.3 Å². The minimum Gasteiger partial charge on any atom is -0.260 e. The largest absolute Gasteiger partial charge is 0.260 e. The van der Waals surface area contributed by atoms with Crippen molar-refractivity contribution in [3.63, 3.8) is 0 Å². The maximum Gasteiger partial charge on any atom is 0.0998 e. The van der Waals surface area contributed by atoms with Crippen LogP contribution in [0.1, 0.15) is 5.56 Å². The zero-order valence-electron chi connectivity index (χ0n) is 6.16. The van der Waals surface area contributed by atoms with E-state index in [0.717, 1.165) is 10.9 Å². The molecule has 0 aliphatic rings. The SMILES string of the molecule is N#Cc1cccc2c1ccn2Cl. The van der Waals surface area contributed by atoms with E-state index >= 15 is 0 Å². The summed E-state index contributed by atoms with van der Waals surface area (Å²) in [5, 5.41) is 9.64. The number of fused-ring (bicyclic) bond motifs is 1. The highest BCUT2D eigenvalue weighted by Gasteiger charge is 2.02. The summed E-state index contributed by atoms with van der Waals surface area (Å²) in [5.74, 6) is 0. The molecule has 3 heteroatoms. The Hall–Kier alpha value is -1.46. The number of hydrogen-bond acceptors (Lipinski definition) is 1. The van der Waals surface area contributed by atoms with Crippen LogP contribution in [-0.4, -0.2) is 4.09 Å². The van der Waals surface area contributed by atoms with Crippen molar-refractivity contribution in [2.75, 3.05) is 0 Å². The van der Waals surface area contributed by atoms with Crippen molar-refractivity contribution in [1.82, 2.24) is 4.09 Å². The summed E-state index contributed by atoms with van der Waals surface area (Å²) in [6, 6.07) is 9.42. The summed E-state index contributed by atoms with van der Waals surface area (Å²) in [6.07, 6.45) is 1.73. The standard InChI is InChI=1S/C9H5ClN2/c10-12-5-4-8-7(6-11)2-1-3-9(8)12/h1-5H. The summed E-state index contributed by atoms with van der Waals surface area (Å²) < 4.78 is 1.48. The smallest absolute Gasteiger partial charge is 0.0998 e. The fourth-order valence-electron chi connectivity index (χ4n) is 1.23. The minimum atomic E-state index is 0.659. The molecule has 0 fully saturated rings. The van der Waals surface area contributed by atoms with Gasteiger partial charge in [0.05, 0.1) is 17.1 Å². The van der Waals surface area contributed by atoms with Gasteiger partial charge in [0.25, 0.3) is 0 Å². The molecular formula is C9H5ClN2. The Labute approximate surface area is 74.7 Å². The fraction of sp³-hybridized carbons (Fsp3) is 0. The van der Waals surface area contributed by atoms with Crippen LogP contribution in [0.2, 0.25) is 0 Å². The Balaban J connectivity index is 2.92. The lowest BCUT2D eigenvalue weighted by atomic mass is 10.1. The summed E-state index contributed by atoms with van der Waals surface area (Å²) in [6.45, 7) is 0. The van der Waals surface area contributed by atoms with Gasteiger partial charge in [0.2, 0.25) is 0 Å². The van der Waals surface area contributed by atoms with Gasteiger partial charge in [-0.05, 0) is 18.2 Å². The molecule has 0 bridgehead atoms. The third kappa shape index (κ3) is 0.876. The Morgan fingerprint density at radius 1 is 1.33 bits per heavy atom. The number of hydrogen-bond donors (Lipinski definition) is 0. The summed E-state index contributed by atoms with van der Waals surface area (Å²) in [4.78, 5) is 0. The third-order valence-corrected chi connectivity index (χ3v) is 2.10. The first-order valence-corrected chi connectivity index (χ1v) is 3.83. The first kappa shape index (κ1) is 7.20. The highest BCUT2D eigenvalue weighted by Crippen LogP contribution is 2.19. The predicted octanol–water partition coefficient (Wildman–Crippen LogP) is 2.51. The molecule has 2 aromatic rings. The number of rotatable bonds is 0. The van der Waals surface area contributed by atoms with E-state index in [2.05, 4.69) is 6.07 Å². The number of nitrogens with zero attached hydrogens (tertiary/aromatic N) is 2. The molecule has 0 aliphatic carbocycles. The van der Waals surface area contributed by atoms with Crippen LogP contribution in [0.3, 0.4) is 0 Å². The van der Waals surface area contributed by atoms with Gasteiger partial charge < -0.3 is 0 Å². The van der Waals surface area contributed by atoms with Gasteiger partial charge in [0.15, 0.2) is 0 Å². The lowest BCUT2D eigenvalue weighted by Crippen LogP contribution is -1.78. The van der Waals surface area contributed by atoms with Crippen LogP contribution >= 0.6 is 11.8 Å². The van der Waals surface area contributed by atoms with Gasteiger partial charge >= 0.3 is 0 Å². The van der Waals surface area contributed by atoms with Gasteiger partial charge in [-0.2, -0.15) is 5.26 Å². The molecule has 0 N–H and O–H groups in total. The van der Waals surface area contributed by atoms with E-state index in [9.17, 15) is 0 Å². The maximum absolute atomic E-state index is 8.74. The average molecular weight is 177 g/mol. The van der Waals surface area contributed by atoms with Crippen molar-refractivity contribution < 1.29 is 0 Å². The van der Waals surface area contributed by atoms with E-state index in [0.29, 0.717) is 5.56 Å². The van der Waals surface area contributed by atoms with Gasteiger partial charge in [-0.25, -0.2) is 0 Å². The molecule has 1 aromatic heterocycles. The normalized spacial score (nSPS) is 10.0. The molecule has 2 nitrogen and oxygen atoms in total. The second-order valence-electron chi connectivity index (χ2n) is 2.48. The lowest BCUT2D eigenvalue weighted by Gasteiger charge is -1.93. The average Bonchev–Trinajstić information content (AvgIpc) is 2.48. The molecule has 0 unspecified atom stereocenters. The van der Waals surface area contributed by atoms with Gasteiger partial charge in [-0.15, -0.1) is 0 Å². The molecule has 0 radical (unpaired) electrons. The predicted molar refractivity (Wildman–Crippen MR) is 47.9 cm³/mol. The molecule has 0 saturated heterocycles. The summed E-state index contributed by atoms with van der Waals surface area (Å²) in [5.41, 5.74) is 1.53. The van der Waals surface area contributed by atoms with Crippen LogP contribution < -0.4 is 0 Å². The van der Waals surface area contributed by atoms with Gasteiger partial charge in [-0.1, -0.05) is 6.07 Å². The topological polar surface area (TPSA) is 28.7 Å². The second kappa shape index (κ2) is 2.54. The molecule has 0 spiro atoms. The molecule has 58 valence electrons. The molecule has 0 amide bonds. The van der Waals surface area contributed by atoms with E-state index in [4.69, 9.17) is 17.0 Å². The highest BCUT2D eigenvalue weighted by atomic mass is 35.5. The first-order chi connectivity index (χ1) is 5.83. The van der Waals surface area contributed by atoms with E-state index in [-0.39, 0.29) is 0 Å². The Morgan fingerprint density at radius 3 is 2.92 bits per heavy atom. The maximum atomic E-state index is 8.74. The van der Waals surface area contributed by atoms with Crippen molar-refractivity contribution in [3.05, 3.63) is 36.0 Å². The van der Waals surface area contributed by atoms with Crippen molar-refractivity contribution in [3.8, 4) is 6.07 Å². The van der Waals surface area contributed by atoms with Crippen molar-refractivity contribution in [2.24, 2.45) is 0 Å². The van der Waals surface area contributed by atoms with Crippen molar-refractivity contribution in [1.29, 1.82) is 5.26 Å². The van der Waals surface area contributed by atoms with Crippen LogP contribution in [-0.2, 0) is 0 Å². The Kier molecular flexibility index (Phi) is 1.53. The van der Waals surface area contributed by atoms with E-state index in [1.807, 2.05) is 18.2 Å². The highest BCUT2D eigenvalue weighted by molar-refractivity contribution is 6.19. The molecule has 0 atom stereocenters. The zero-order valence-corrected chi connectivity index (χ0v) is 6.92. The first-order valence-electron chi connectivity index (χ1n) is 3.49. The minimum absolute atomic E-state index is 0.659. The number of benzene rings is 1. The number of halogens is 1. The molecule has 0 aliphatic heterocycles. The summed E-state index contributed by atoms with van der Waals surface area (Å²) >= 11 is 5.81. The lowest BCUT2D eigenvalue weighted by molar-refractivity contribution is 1.33. The second-order valence-corrected chi connectivity index (χ2v) is 2.84.